The van der Waals surface area contributed by atoms with E-state index >= 15 is 0 Å². The second-order valence-electron chi connectivity index (χ2n) is 10.9. The molecule has 1 rings (SSSR count). The Morgan fingerprint density at radius 1 is 0.870 bits per heavy atom. The Morgan fingerprint density at radius 2 is 1.26 bits per heavy atom. The van der Waals surface area contributed by atoms with E-state index in [9.17, 15) is 0 Å². The lowest BCUT2D eigenvalue weighted by Crippen LogP contribution is -2.26. The van der Waals surface area contributed by atoms with Crippen LogP contribution in [0.4, 0.5) is 0 Å². The van der Waals surface area contributed by atoms with E-state index < -0.39 is 0 Å². The van der Waals surface area contributed by atoms with Gasteiger partial charge in [-0.05, 0) is 90.6 Å². The fourth-order valence-corrected chi connectivity index (χ4v) is 2.86. The van der Waals surface area contributed by atoms with Gasteiger partial charge < -0.3 is 9.47 Å². The van der Waals surface area contributed by atoms with Crippen LogP contribution < -0.4 is 0 Å². The van der Waals surface area contributed by atoms with E-state index in [2.05, 4.69) is 106 Å². The molecule has 0 aromatic rings. The smallest absolute Gasteiger partial charge is 0.246 e. The maximum absolute atomic E-state index is 4.85. The molecule has 0 bridgehead atoms. The van der Waals surface area contributed by atoms with Crippen molar-refractivity contribution in [3.63, 3.8) is 0 Å². The van der Waals surface area contributed by atoms with Crippen molar-refractivity contribution < 1.29 is 18.6 Å². The minimum Gasteiger partial charge on any atom is -0.502 e. The van der Waals surface area contributed by atoms with Crippen LogP contribution in [0, 0.1) is 0 Å². The zero-order valence-electron chi connectivity index (χ0n) is 34.9. The Bertz CT molecular complexity index is 790. The highest BCUT2D eigenvalue weighted by atomic mass is 32.2. The average molecular weight is 691 g/mol. The SMILES string of the molecule is C=C(C)OC.C=C(C)OCC.C=C(C)SC.C=C(C)SCC.CC.CC(C)=NC(C)C.CC(C)=[N+](C)C.CN1CCCC1=[N+](C)C. The molecule has 1 saturated heterocycles. The zero-order valence-corrected chi connectivity index (χ0v) is 36.5. The van der Waals surface area contributed by atoms with E-state index in [1.807, 2.05) is 75.7 Å². The van der Waals surface area contributed by atoms with Gasteiger partial charge in [0.1, 0.15) is 19.8 Å². The van der Waals surface area contributed by atoms with Gasteiger partial charge in [0, 0.05) is 25.6 Å². The predicted octanol–water partition coefficient (Wildman–Crippen LogP) is 10.9. The highest BCUT2D eigenvalue weighted by Crippen LogP contribution is 2.09. The van der Waals surface area contributed by atoms with E-state index in [0.717, 1.165) is 29.6 Å². The maximum atomic E-state index is 4.85. The summed E-state index contributed by atoms with van der Waals surface area (Å²) < 4.78 is 13.7. The van der Waals surface area contributed by atoms with E-state index in [1.54, 1.807) is 37.6 Å². The summed E-state index contributed by atoms with van der Waals surface area (Å²) in [6.07, 6.45) is 4.59. The first-order chi connectivity index (χ1) is 21.1. The lowest BCUT2D eigenvalue weighted by Gasteiger charge is -2.04. The molecule has 0 aromatic heterocycles. The van der Waals surface area contributed by atoms with Crippen LogP contribution in [0.2, 0.25) is 0 Å². The third-order valence-corrected chi connectivity index (χ3v) is 6.22. The molecule has 1 fully saturated rings. The van der Waals surface area contributed by atoms with Crippen molar-refractivity contribution in [3.8, 4) is 0 Å². The second-order valence-corrected chi connectivity index (χ2v) is 13.6. The van der Waals surface area contributed by atoms with Gasteiger partial charge in [-0.15, -0.1) is 23.5 Å². The molecule has 0 unspecified atom stereocenters. The molecule has 0 N–H and O–H groups in total. The molecule has 1 aliphatic rings. The average Bonchev–Trinajstić information content (AvgIpc) is 3.37. The summed E-state index contributed by atoms with van der Waals surface area (Å²) >= 11 is 3.48. The molecule has 0 atom stereocenters. The fourth-order valence-electron chi connectivity index (χ4n) is 2.37. The van der Waals surface area contributed by atoms with Crippen LogP contribution in [0.25, 0.3) is 0 Å². The molecular formula is C38H82N4O2S2+2. The third kappa shape index (κ3) is 78.5. The Hall–Kier alpha value is -1.93. The van der Waals surface area contributed by atoms with Crippen molar-refractivity contribution in [1.82, 2.24) is 4.90 Å². The number of likely N-dealkylation sites (tertiary alicyclic amines) is 1. The molecule has 0 aromatic carbocycles. The molecule has 1 heterocycles. The van der Waals surface area contributed by atoms with Gasteiger partial charge in [-0.2, -0.15) is 0 Å². The Balaban J connectivity index is -0.0000000772. The summed E-state index contributed by atoms with van der Waals surface area (Å²) in [5.74, 6) is 4.16. The highest BCUT2D eigenvalue weighted by Gasteiger charge is 2.21. The number of amidine groups is 1. The van der Waals surface area contributed by atoms with E-state index in [1.165, 1.54) is 40.7 Å². The van der Waals surface area contributed by atoms with Gasteiger partial charge in [-0.3, -0.25) is 14.5 Å². The number of ether oxygens (including phenoxy) is 2. The van der Waals surface area contributed by atoms with Crippen LogP contribution in [0.1, 0.15) is 110 Å². The molecule has 0 saturated carbocycles. The molecule has 0 aliphatic carbocycles. The summed E-state index contributed by atoms with van der Waals surface area (Å²) in [5, 5.41) is 0. The van der Waals surface area contributed by atoms with Crippen molar-refractivity contribution in [2.45, 2.75) is 116 Å². The molecule has 0 radical (unpaired) electrons. The first-order valence-electron chi connectivity index (χ1n) is 16.3. The van der Waals surface area contributed by atoms with Gasteiger partial charge in [0.15, 0.2) is 0 Å². The Kier molecular flexibility index (Phi) is 58.4. The van der Waals surface area contributed by atoms with Gasteiger partial charge in [-0.1, -0.05) is 47.1 Å². The monoisotopic (exact) mass is 691 g/mol. The Morgan fingerprint density at radius 3 is 1.30 bits per heavy atom. The third-order valence-electron chi connectivity index (χ3n) is 4.74. The summed E-state index contributed by atoms with van der Waals surface area (Å²) in [4.78, 5) is 8.89. The van der Waals surface area contributed by atoms with Crippen LogP contribution in [0.15, 0.2) is 52.6 Å². The Labute approximate surface area is 299 Å². The van der Waals surface area contributed by atoms with Crippen LogP contribution >= 0.6 is 23.5 Å². The van der Waals surface area contributed by atoms with E-state index in [4.69, 9.17) is 4.74 Å². The van der Waals surface area contributed by atoms with Gasteiger partial charge in [0.05, 0.1) is 59.3 Å². The standard InChI is InChI=1S/C7H15N2.C6H13N.C5H12N.C5H10O.C5H10S.C4H8O.C4H8S.C2H6/c1-8(2)7-5-4-6-9(7)3;1-5(2)7-6(3)4;1-5(2)6(3)4;2*1-4-6-5(2)3;2*1-4(2)5-3;1-2/h4-6H2,1-3H3;5H,1-4H3;1-4H3;2*2,4H2,1,3H3;2*1H2,2-3H3;1-2H3/q+1;;+1;;;;;. The lowest BCUT2D eigenvalue weighted by molar-refractivity contribution is -0.470. The molecule has 8 heteroatoms. The van der Waals surface area contributed by atoms with Crippen molar-refractivity contribution in [2.24, 2.45) is 4.99 Å². The fraction of sp³-hybridized carbons (Fsp3) is 0.711. The van der Waals surface area contributed by atoms with Crippen LogP contribution in [-0.2, 0) is 9.47 Å². The summed E-state index contributed by atoms with van der Waals surface area (Å²) in [5.41, 5.74) is 2.50. The largest absolute Gasteiger partial charge is 0.502 e. The normalized spacial score (nSPS) is 9.96. The molecule has 0 amide bonds. The first kappa shape index (κ1) is 59.5. The lowest BCUT2D eigenvalue weighted by atomic mass is 10.4. The van der Waals surface area contributed by atoms with Crippen molar-refractivity contribution >= 4 is 40.8 Å². The second kappa shape index (κ2) is 45.2. The number of methoxy groups -OCH3 is 1. The minimum absolute atomic E-state index is 0.463. The number of aliphatic imine (C=N–C) groups is 1. The van der Waals surface area contributed by atoms with Gasteiger partial charge in [-0.25, -0.2) is 4.58 Å². The summed E-state index contributed by atoms with van der Waals surface area (Å²) in [6.45, 7) is 44.3. The van der Waals surface area contributed by atoms with Gasteiger partial charge in [0.2, 0.25) is 5.84 Å². The molecule has 46 heavy (non-hydrogen) atoms. The molecule has 1 aliphatic heterocycles. The zero-order chi connectivity index (χ0) is 38.4. The van der Waals surface area contributed by atoms with E-state index in [0.29, 0.717) is 6.04 Å². The number of thioether (sulfide) groups is 2. The topological polar surface area (TPSA) is 40.1 Å². The number of allylic oxidation sites excluding steroid dienone is 4. The molecular weight excluding hydrogens is 609 g/mol. The van der Waals surface area contributed by atoms with E-state index in [-0.39, 0.29) is 0 Å². The molecule has 0 spiro atoms. The number of hydrogen-bond donors (Lipinski definition) is 0. The maximum Gasteiger partial charge on any atom is 0.246 e. The van der Waals surface area contributed by atoms with Crippen LogP contribution in [0.3, 0.4) is 0 Å². The predicted molar refractivity (Wildman–Crippen MR) is 222 cm³/mol. The summed E-state index contributed by atoms with van der Waals surface area (Å²) in [6, 6.07) is 0.463. The highest BCUT2D eigenvalue weighted by molar-refractivity contribution is 8.03. The van der Waals surface area contributed by atoms with Gasteiger partial charge >= 0.3 is 0 Å². The van der Waals surface area contributed by atoms with Gasteiger partial charge in [0.25, 0.3) is 0 Å². The quantitative estimate of drug-likeness (QED) is 0.151. The van der Waals surface area contributed by atoms with Crippen LogP contribution in [0.5, 0.6) is 0 Å². The molecule has 276 valence electrons. The molecule has 6 nitrogen and oxygen atoms in total. The number of nitrogens with zero attached hydrogens (tertiary/aromatic N) is 4. The number of hydrogen-bond acceptors (Lipinski definition) is 5. The first-order valence-corrected chi connectivity index (χ1v) is 18.5. The van der Waals surface area contributed by atoms with Crippen molar-refractivity contribution in [3.05, 3.63) is 47.6 Å². The van der Waals surface area contributed by atoms with Crippen molar-refractivity contribution in [2.75, 3.05) is 67.5 Å². The van der Waals surface area contributed by atoms with Crippen LogP contribution in [-0.4, -0.2) is 105 Å². The number of rotatable bonds is 7. The van der Waals surface area contributed by atoms with Crippen molar-refractivity contribution in [1.29, 1.82) is 0 Å². The summed E-state index contributed by atoms with van der Waals surface area (Å²) in [7, 11) is 12.0. The minimum atomic E-state index is 0.463.